The third-order valence-corrected chi connectivity index (χ3v) is 3.55. The molecule has 0 aromatic carbocycles. The van der Waals surface area contributed by atoms with E-state index >= 15 is 0 Å². The van der Waals surface area contributed by atoms with Crippen LogP contribution in [0.5, 0.6) is 0 Å². The lowest BCUT2D eigenvalue weighted by Crippen LogP contribution is -2.64. The van der Waals surface area contributed by atoms with E-state index in [-0.39, 0.29) is 0 Å². The molecule has 10 heteroatoms. The molecular formula is C11H22O10. The summed E-state index contributed by atoms with van der Waals surface area (Å²) in [6.07, 6.45) is -15.7. The van der Waals surface area contributed by atoms with Gasteiger partial charge in [-0.2, -0.15) is 0 Å². The van der Waals surface area contributed by atoms with Crippen molar-refractivity contribution in [2.24, 2.45) is 0 Å². The molecule has 126 valence electrons. The number of aliphatic hydroxyl groups is 9. The molecule has 0 aliphatic carbocycles. The fourth-order valence-electron chi connectivity index (χ4n) is 2.14. The van der Waals surface area contributed by atoms with Crippen LogP contribution in [0, 0.1) is 0 Å². The van der Waals surface area contributed by atoms with Crippen LogP contribution in [0.2, 0.25) is 0 Å². The fraction of sp³-hybridized carbons (Fsp3) is 1.00. The molecule has 0 radical (unpaired) electrons. The van der Waals surface area contributed by atoms with Crippen molar-refractivity contribution in [2.45, 2.75) is 54.9 Å². The molecule has 10 nitrogen and oxygen atoms in total. The Morgan fingerprint density at radius 3 is 1.86 bits per heavy atom. The Hall–Kier alpha value is -0.400. The second-order valence-corrected chi connectivity index (χ2v) is 5.02. The molecule has 1 heterocycles. The van der Waals surface area contributed by atoms with Gasteiger partial charge in [-0.25, -0.2) is 0 Å². The summed E-state index contributed by atoms with van der Waals surface area (Å²) < 4.78 is 5.00. The fourth-order valence-corrected chi connectivity index (χ4v) is 2.14. The van der Waals surface area contributed by atoms with E-state index in [1.165, 1.54) is 0 Å². The molecule has 9 atom stereocenters. The second kappa shape index (κ2) is 7.74. The van der Waals surface area contributed by atoms with E-state index in [1.807, 2.05) is 0 Å². The number of aliphatic hydroxyl groups excluding tert-OH is 9. The molecule has 0 bridgehead atoms. The lowest BCUT2D eigenvalue weighted by molar-refractivity contribution is -0.263. The zero-order valence-electron chi connectivity index (χ0n) is 11.0. The van der Waals surface area contributed by atoms with E-state index in [0.29, 0.717) is 0 Å². The predicted octanol–water partition coefficient (Wildman–Crippen LogP) is -5.74. The van der Waals surface area contributed by atoms with Gasteiger partial charge in [0.25, 0.3) is 0 Å². The highest BCUT2D eigenvalue weighted by Gasteiger charge is 2.48. The lowest BCUT2D eigenvalue weighted by atomic mass is 9.88. The van der Waals surface area contributed by atoms with Gasteiger partial charge >= 0.3 is 0 Å². The molecule has 1 fully saturated rings. The predicted molar refractivity (Wildman–Crippen MR) is 64.9 cm³/mol. The molecule has 0 aromatic rings. The Bertz CT molecular complexity index is 313. The van der Waals surface area contributed by atoms with Gasteiger partial charge in [0.2, 0.25) is 0 Å². The van der Waals surface area contributed by atoms with Gasteiger partial charge in [0.05, 0.1) is 13.2 Å². The average Bonchev–Trinajstić information content (AvgIpc) is 2.50. The van der Waals surface area contributed by atoms with Crippen LogP contribution in [0.1, 0.15) is 0 Å². The normalized spacial score (nSPS) is 39.6. The largest absolute Gasteiger partial charge is 0.394 e. The Balaban J connectivity index is 2.82. The molecular weight excluding hydrogens is 292 g/mol. The molecule has 0 amide bonds. The summed E-state index contributed by atoms with van der Waals surface area (Å²) in [6, 6.07) is 0. The number of rotatable bonds is 6. The van der Waals surface area contributed by atoms with Gasteiger partial charge in [-0.1, -0.05) is 0 Å². The van der Waals surface area contributed by atoms with E-state index < -0.39 is 68.1 Å². The van der Waals surface area contributed by atoms with Crippen molar-refractivity contribution in [1.82, 2.24) is 0 Å². The van der Waals surface area contributed by atoms with Crippen LogP contribution >= 0.6 is 0 Å². The quantitative estimate of drug-likeness (QED) is 0.228. The molecule has 1 rings (SSSR count). The van der Waals surface area contributed by atoms with Crippen LogP contribution < -0.4 is 0 Å². The monoisotopic (exact) mass is 314 g/mol. The molecule has 1 aliphatic heterocycles. The molecule has 0 saturated carbocycles. The molecule has 21 heavy (non-hydrogen) atoms. The van der Waals surface area contributed by atoms with Gasteiger partial charge < -0.3 is 50.7 Å². The molecule has 1 saturated heterocycles. The lowest BCUT2D eigenvalue weighted by Gasteiger charge is -2.43. The van der Waals surface area contributed by atoms with Gasteiger partial charge in [-0.3, -0.25) is 0 Å². The summed E-state index contributed by atoms with van der Waals surface area (Å²) in [7, 11) is 0. The summed E-state index contributed by atoms with van der Waals surface area (Å²) in [4.78, 5) is 0. The van der Waals surface area contributed by atoms with Crippen molar-refractivity contribution in [1.29, 1.82) is 0 Å². The van der Waals surface area contributed by atoms with Crippen molar-refractivity contribution in [3.63, 3.8) is 0 Å². The van der Waals surface area contributed by atoms with E-state index in [2.05, 4.69) is 0 Å². The maximum absolute atomic E-state index is 9.88. The summed E-state index contributed by atoms with van der Waals surface area (Å²) >= 11 is 0. The van der Waals surface area contributed by atoms with Crippen molar-refractivity contribution in [3.05, 3.63) is 0 Å². The van der Waals surface area contributed by atoms with Crippen LogP contribution in [-0.4, -0.2) is 114 Å². The van der Waals surface area contributed by atoms with E-state index in [4.69, 9.17) is 14.9 Å². The van der Waals surface area contributed by atoms with E-state index in [9.17, 15) is 35.7 Å². The molecule has 0 spiro atoms. The smallest absolute Gasteiger partial charge is 0.115 e. The SMILES string of the molecule is OC[C@@H](O)[C@H](O)[C@@H](O)C(O)[C@H]1O[C@H](CO)[C@@H](O)[C@H](O)[C@H]1O. The van der Waals surface area contributed by atoms with Gasteiger partial charge in [0.15, 0.2) is 0 Å². The Morgan fingerprint density at radius 2 is 1.38 bits per heavy atom. The number of hydrogen-bond acceptors (Lipinski definition) is 10. The highest BCUT2D eigenvalue weighted by molar-refractivity contribution is 4.97. The summed E-state index contributed by atoms with van der Waals surface area (Å²) in [5, 5.41) is 84.8. The van der Waals surface area contributed by atoms with Crippen LogP contribution in [0.15, 0.2) is 0 Å². The maximum atomic E-state index is 9.88. The van der Waals surface area contributed by atoms with Crippen molar-refractivity contribution in [2.75, 3.05) is 13.2 Å². The first-order chi connectivity index (χ1) is 9.76. The van der Waals surface area contributed by atoms with Crippen molar-refractivity contribution >= 4 is 0 Å². The van der Waals surface area contributed by atoms with E-state index in [1.54, 1.807) is 0 Å². The van der Waals surface area contributed by atoms with Crippen LogP contribution in [0.3, 0.4) is 0 Å². The topological polar surface area (TPSA) is 191 Å². The minimum absolute atomic E-state index is 0.716. The first kappa shape index (κ1) is 18.6. The van der Waals surface area contributed by atoms with Gasteiger partial charge in [-0.15, -0.1) is 0 Å². The van der Waals surface area contributed by atoms with E-state index in [0.717, 1.165) is 0 Å². The first-order valence-electron chi connectivity index (χ1n) is 6.39. The Kier molecular flexibility index (Phi) is 6.87. The second-order valence-electron chi connectivity index (χ2n) is 5.02. The van der Waals surface area contributed by atoms with Crippen molar-refractivity contribution < 1.29 is 50.7 Å². The van der Waals surface area contributed by atoms with Crippen LogP contribution in [0.4, 0.5) is 0 Å². The van der Waals surface area contributed by atoms with Crippen LogP contribution in [-0.2, 0) is 4.74 Å². The molecule has 0 aromatic heterocycles. The highest BCUT2D eigenvalue weighted by Crippen LogP contribution is 2.25. The van der Waals surface area contributed by atoms with Crippen molar-refractivity contribution in [3.8, 4) is 0 Å². The summed E-state index contributed by atoms with van der Waals surface area (Å²) in [5.41, 5.74) is 0. The molecule has 9 N–H and O–H groups in total. The third kappa shape index (κ3) is 3.87. The minimum atomic E-state index is -2.01. The number of ether oxygens (including phenoxy) is 1. The standard InChI is InChI=1S/C11H22O10/c12-1-3(14)5(15)7(17)9(19)11-10(20)8(18)6(16)4(2-13)21-11/h3-20H,1-2H2/t3-,4-,5+,6-,7-,8+,9?,10-,11-/m1/s1. The Morgan fingerprint density at radius 1 is 0.810 bits per heavy atom. The maximum Gasteiger partial charge on any atom is 0.115 e. The third-order valence-electron chi connectivity index (χ3n) is 3.55. The van der Waals surface area contributed by atoms with Gasteiger partial charge in [0.1, 0.15) is 54.9 Å². The first-order valence-corrected chi connectivity index (χ1v) is 6.39. The zero-order valence-corrected chi connectivity index (χ0v) is 11.0. The number of hydrogen-bond donors (Lipinski definition) is 9. The zero-order chi connectivity index (χ0) is 16.3. The Labute approximate surface area is 120 Å². The summed E-state index contributed by atoms with van der Waals surface area (Å²) in [6.45, 7) is -1.59. The van der Waals surface area contributed by atoms with Crippen LogP contribution in [0.25, 0.3) is 0 Å². The van der Waals surface area contributed by atoms with Gasteiger partial charge in [-0.05, 0) is 0 Å². The average molecular weight is 314 g/mol. The summed E-state index contributed by atoms with van der Waals surface area (Å²) in [5.74, 6) is 0. The van der Waals surface area contributed by atoms with Gasteiger partial charge in [0, 0.05) is 0 Å². The molecule has 1 unspecified atom stereocenters. The molecule has 1 aliphatic rings. The highest BCUT2D eigenvalue weighted by atomic mass is 16.6. The minimum Gasteiger partial charge on any atom is -0.394 e.